The van der Waals surface area contributed by atoms with Crippen molar-refractivity contribution >= 4 is 0 Å². The molecule has 0 saturated carbocycles. The van der Waals surface area contributed by atoms with Crippen molar-refractivity contribution in [2.24, 2.45) is 5.92 Å². The quantitative estimate of drug-likeness (QED) is 0.895. The molecule has 0 amide bonds. The Kier molecular flexibility index (Phi) is 4.00. The third-order valence-corrected chi connectivity index (χ3v) is 3.79. The van der Waals surface area contributed by atoms with Crippen molar-refractivity contribution < 1.29 is 4.39 Å². The molecule has 5 heteroatoms. The highest BCUT2D eigenvalue weighted by atomic mass is 19.1. The van der Waals surface area contributed by atoms with E-state index in [0.29, 0.717) is 6.42 Å². The molecular weight excluding hydrogens is 231 g/mol. The molecule has 1 N–H and O–H groups in total. The van der Waals surface area contributed by atoms with Crippen LogP contribution in [0.15, 0.2) is 6.33 Å². The minimum atomic E-state index is -1.22. The largest absolute Gasteiger partial charge is 0.316 e. The summed E-state index contributed by atoms with van der Waals surface area (Å²) in [6, 6.07) is 0.225. The van der Waals surface area contributed by atoms with Gasteiger partial charge >= 0.3 is 0 Å². The van der Waals surface area contributed by atoms with Gasteiger partial charge in [0.25, 0.3) is 0 Å². The number of hydrogen-bond acceptors (Lipinski definition) is 3. The molecule has 1 fully saturated rings. The first-order chi connectivity index (χ1) is 8.50. The van der Waals surface area contributed by atoms with Crippen molar-refractivity contribution in [3.8, 4) is 0 Å². The predicted octanol–water partition coefficient (Wildman–Crippen LogP) is 2.13. The van der Waals surface area contributed by atoms with Gasteiger partial charge in [0.05, 0.1) is 0 Å². The summed E-state index contributed by atoms with van der Waals surface area (Å²) in [7, 11) is 0. The molecular formula is C13H23FN4. The van der Waals surface area contributed by atoms with Gasteiger partial charge in [0.15, 0.2) is 0 Å². The zero-order chi connectivity index (χ0) is 13.2. The molecule has 1 aromatic heterocycles. The van der Waals surface area contributed by atoms with Crippen LogP contribution in [0.4, 0.5) is 4.39 Å². The number of aromatic nitrogens is 3. The van der Waals surface area contributed by atoms with Crippen LogP contribution < -0.4 is 5.32 Å². The number of nitrogens with zero attached hydrogens (tertiary/aromatic N) is 3. The second-order valence-corrected chi connectivity index (χ2v) is 5.71. The molecule has 4 nitrogen and oxygen atoms in total. The fourth-order valence-electron chi connectivity index (χ4n) is 2.65. The zero-order valence-electron chi connectivity index (χ0n) is 11.5. The van der Waals surface area contributed by atoms with Crippen LogP contribution in [-0.4, -0.2) is 33.5 Å². The van der Waals surface area contributed by atoms with Gasteiger partial charge in [-0.15, -0.1) is 0 Å². The van der Waals surface area contributed by atoms with Crippen molar-refractivity contribution in [3.63, 3.8) is 0 Å². The van der Waals surface area contributed by atoms with Gasteiger partial charge in [0.2, 0.25) is 0 Å². The topological polar surface area (TPSA) is 42.7 Å². The van der Waals surface area contributed by atoms with Crippen molar-refractivity contribution in [1.29, 1.82) is 0 Å². The van der Waals surface area contributed by atoms with Gasteiger partial charge in [-0.1, -0.05) is 0 Å². The van der Waals surface area contributed by atoms with E-state index in [4.69, 9.17) is 0 Å². The Hall–Kier alpha value is -0.970. The fraction of sp³-hybridized carbons (Fsp3) is 0.846. The van der Waals surface area contributed by atoms with E-state index >= 15 is 0 Å². The Labute approximate surface area is 108 Å². The lowest BCUT2D eigenvalue weighted by molar-refractivity contribution is 0.0796. The maximum atomic E-state index is 14.9. The highest BCUT2D eigenvalue weighted by Gasteiger charge is 2.36. The number of rotatable bonds is 4. The maximum Gasteiger partial charge on any atom is 0.138 e. The molecule has 1 saturated heterocycles. The van der Waals surface area contributed by atoms with Gasteiger partial charge in [-0.25, -0.2) is 14.1 Å². The molecule has 2 unspecified atom stereocenters. The normalized spacial score (nSPS) is 24.2. The standard InChI is InChI=1S/C13H23FN4/c1-10(2)18-12(16-9-17-18)7-13(3,14)11-5-4-6-15-8-11/h9-11,15H,4-8H2,1-3H3. The van der Waals surface area contributed by atoms with Crippen LogP contribution in [0.5, 0.6) is 0 Å². The Morgan fingerprint density at radius 1 is 1.61 bits per heavy atom. The molecule has 18 heavy (non-hydrogen) atoms. The smallest absolute Gasteiger partial charge is 0.138 e. The van der Waals surface area contributed by atoms with Gasteiger partial charge in [-0.3, -0.25) is 0 Å². The van der Waals surface area contributed by atoms with Gasteiger partial charge in [0, 0.05) is 24.9 Å². The summed E-state index contributed by atoms with van der Waals surface area (Å²) in [4.78, 5) is 4.21. The molecule has 0 aromatic carbocycles. The van der Waals surface area contributed by atoms with E-state index in [9.17, 15) is 4.39 Å². The number of nitrogens with one attached hydrogen (secondary N) is 1. The predicted molar refractivity (Wildman–Crippen MR) is 69.2 cm³/mol. The Morgan fingerprint density at radius 2 is 2.39 bits per heavy atom. The first-order valence-electron chi connectivity index (χ1n) is 6.78. The van der Waals surface area contributed by atoms with Crippen molar-refractivity contribution in [3.05, 3.63) is 12.2 Å². The van der Waals surface area contributed by atoms with Crippen LogP contribution in [-0.2, 0) is 6.42 Å². The minimum Gasteiger partial charge on any atom is -0.316 e. The summed E-state index contributed by atoms with van der Waals surface area (Å²) in [5.41, 5.74) is -1.22. The number of piperidine rings is 1. The van der Waals surface area contributed by atoms with Crippen LogP contribution in [0.2, 0.25) is 0 Å². The molecule has 102 valence electrons. The Balaban J connectivity index is 2.08. The highest BCUT2D eigenvalue weighted by Crippen LogP contribution is 2.31. The summed E-state index contributed by atoms with van der Waals surface area (Å²) in [5.74, 6) is 0.823. The van der Waals surface area contributed by atoms with Crippen LogP contribution in [0.3, 0.4) is 0 Å². The van der Waals surface area contributed by atoms with Crippen LogP contribution in [0, 0.1) is 5.92 Å². The molecule has 1 aliphatic rings. The molecule has 0 aliphatic carbocycles. The molecule has 0 radical (unpaired) electrons. The van der Waals surface area contributed by atoms with E-state index in [0.717, 1.165) is 31.8 Å². The summed E-state index contributed by atoms with van der Waals surface area (Å²) < 4.78 is 16.7. The molecule has 0 spiro atoms. The van der Waals surface area contributed by atoms with Crippen molar-refractivity contribution in [2.45, 2.75) is 51.7 Å². The van der Waals surface area contributed by atoms with Gasteiger partial charge in [-0.2, -0.15) is 5.10 Å². The number of halogens is 1. The average molecular weight is 254 g/mol. The van der Waals surface area contributed by atoms with E-state index in [1.54, 1.807) is 6.92 Å². The van der Waals surface area contributed by atoms with E-state index < -0.39 is 5.67 Å². The highest BCUT2D eigenvalue weighted by molar-refractivity contribution is 4.98. The number of alkyl halides is 1. The van der Waals surface area contributed by atoms with Gasteiger partial charge in [-0.05, 0) is 40.2 Å². The Bertz CT molecular complexity index is 380. The molecule has 2 atom stereocenters. The fourth-order valence-corrected chi connectivity index (χ4v) is 2.65. The zero-order valence-corrected chi connectivity index (χ0v) is 11.5. The lowest BCUT2D eigenvalue weighted by atomic mass is 9.82. The van der Waals surface area contributed by atoms with E-state index in [-0.39, 0.29) is 12.0 Å². The van der Waals surface area contributed by atoms with E-state index in [1.165, 1.54) is 6.33 Å². The second-order valence-electron chi connectivity index (χ2n) is 5.71. The molecule has 2 heterocycles. The molecule has 2 rings (SSSR count). The summed E-state index contributed by atoms with van der Waals surface area (Å²) >= 11 is 0. The lowest BCUT2D eigenvalue weighted by Crippen LogP contribution is -2.43. The average Bonchev–Trinajstić information content (AvgIpc) is 2.78. The summed E-state index contributed by atoms with van der Waals surface area (Å²) in [6.45, 7) is 7.55. The lowest BCUT2D eigenvalue weighted by Gasteiger charge is -2.33. The third kappa shape index (κ3) is 2.88. The van der Waals surface area contributed by atoms with Crippen LogP contribution in [0.1, 0.15) is 45.5 Å². The second kappa shape index (κ2) is 5.34. The van der Waals surface area contributed by atoms with Gasteiger partial charge < -0.3 is 5.32 Å². The molecule has 1 aliphatic heterocycles. The van der Waals surface area contributed by atoms with Crippen molar-refractivity contribution in [2.75, 3.05) is 13.1 Å². The minimum absolute atomic E-state index is 0.0727. The van der Waals surface area contributed by atoms with Crippen molar-refractivity contribution in [1.82, 2.24) is 20.1 Å². The van der Waals surface area contributed by atoms with Crippen LogP contribution >= 0.6 is 0 Å². The van der Waals surface area contributed by atoms with E-state index in [1.807, 2.05) is 18.5 Å². The summed E-state index contributed by atoms with van der Waals surface area (Å²) in [6.07, 6.45) is 3.87. The SMILES string of the molecule is CC(C)n1ncnc1CC(C)(F)C1CCCNC1. The molecule has 1 aromatic rings. The maximum absolute atomic E-state index is 14.9. The summed E-state index contributed by atoms with van der Waals surface area (Å²) in [5, 5.41) is 7.44. The third-order valence-electron chi connectivity index (χ3n) is 3.79. The number of hydrogen-bond donors (Lipinski definition) is 1. The first-order valence-corrected chi connectivity index (χ1v) is 6.78. The van der Waals surface area contributed by atoms with Gasteiger partial charge in [0.1, 0.15) is 17.8 Å². The molecule has 0 bridgehead atoms. The van der Waals surface area contributed by atoms with Crippen LogP contribution in [0.25, 0.3) is 0 Å². The van der Waals surface area contributed by atoms with E-state index in [2.05, 4.69) is 15.4 Å². The monoisotopic (exact) mass is 254 g/mol. The Morgan fingerprint density at radius 3 is 3.00 bits per heavy atom. The first kappa shape index (κ1) is 13.5.